The molecule has 1 aromatic rings. The van der Waals surface area contributed by atoms with E-state index in [9.17, 15) is 24.6 Å². The van der Waals surface area contributed by atoms with Crippen LogP contribution in [0.5, 0.6) is 5.75 Å². The Morgan fingerprint density at radius 1 is 0.931 bits per heavy atom. The number of rotatable bonds is 16. The number of nitrogens with one attached hydrogen (secondary N) is 1. The highest BCUT2D eigenvalue weighted by atomic mass is 16.6. The Kier molecular flexibility index (Phi) is 14.6. The standard InChI is InChI=1S/C49H78N2O7/c1-31(2)13-12-14-33(5)40-21-22-41-39-20-17-35-28-36(23-25-47(35,9)42(39)24-26-48(40,41)10)49(11,44(54)55)51(45(56)58-46(6,7)8)43(53)27-34-15-18-38(19-16-34)57-30-37(52)29-50-32(3)4/h15-19,31-33,36-37,39-42,50,52H,12-14,20-30H2,1-11H3,(H,54,55)/t33-,36?,37?,39?,40-,41?,42?,47+,48-,49-/m1/s1. The topological polar surface area (TPSA) is 125 Å². The van der Waals surface area contributed by atoms with Gasteiger partial charge in [-0.2, -0.15) is 0 Å². The average molecular weight is 807 g/mol. The fraction of sp³-hybridized carbons (Fsp3) is 0.776. The number of carbonyl (C=O) groups is 3. The van der Waals surface area contributed by atoms with Crippen molar-refractivity contribution in [2.75, 3.05) is 13.2 Å². The number of hydrogen-bond donors (Lipinski definition) is 3. The molecule has 58 heavy (non-hydrogen) atoms. The van der Waals surface area contributed by atoms with Crippen molar-refractivity contribution in [3.05, 3.63) is 41.5 Å². The van der Waals surface area contributed by atoms with Crippen LogP contribution in [0.15, 0.2) is 35.9 Å². The van der Waals surface area contributed by atoms with Gasteiger partial charge in [0.1, 0.15) is 24.1 Å². The maximum atomic E-state index is 14.4. The van der Waals surface area contributed by atoms with Gasteiger partial charge in [-0.05, 0) is 149 Å². The summed E-state index contributed by atoms with van der Waals surface area (Å²) in [5, 5.41) is 24.5. The van der Waals surface area contributed by atoms with Gasteiger partial charge in [-0.3, -0.25) is 4.79 Å². The van der Waals surface area contributed by atoms with E-state index in [-0.39, 0.29) is 24.5 Å². The van der Waals surface area contributed by atoms with Gasteiger partial charge >= 0.3 is 12.1 Å². The van der Waals surface area contributed by atoms with Crippen molar-refractivity contribution in [1.82, 2.24) is 10.2 Å². The molecule has 4 aliphatic carbocycles. The molecule has 5 unspecified atom stereocenters. The van der Waals surface area contributed by atoms with Crippen molar-refractivity contribution >= 4 is 18.0 Å². The van der Waals surface area contributed by atoms with Gasteiger partial charge in [0.2, 0.25) is 5.91 Å². The Bertz CT molecular complexity index is 1610. The predicted octanol–water partition coefficient (Wildman–Crippen LogP) is 10.2. The Balaban J connectivity index is 1.33. The molecule has 0 aromatic heterocycles. The van der Waals surface area contributed by atoms with Gasteiger partial charge in [-0.25, -0.2) is 14.5 Å². The van der Waals surface area contributed by atoms with Crippen molar-refractivity contribution in [2.24, 2.45) is 52.3 Å². The molecule has 3 N–H and O–H groups in total. The molecule has 2 amide bonds. The zero-order valence-electron chi connectivity index (χ0n) is 37.9. The number of carbonyl (C=O) groups excluding carboxylic acids is 2. The number of amides is 2. The second kappa shape index (κ2) is 18.4. The van der Waals surface area contributed by atoms with E-state index in [4.69, 9.17) is 9.47 Å². The average Bonchev–Trinajstić information content (AvgIpc) is 3.49. The lowest BCUT2D eigenvalue weighted by atomic mass is 9.46. The maximum Gasteiger partial charge on any atom is 0.418 e. The fourth-order valence-corrected chi connectivity index (χ4v) is 12.1. The van der Waals surface area contributed by atoms with Crippen LogP contribution in [0.1, 0.15) is 152 Å². The minimum atomic E-state index is -1.82. The molecule has 3 saturated carbocycles. The predicted molar refractivity (Wildman–Crippen MR) is 230 cm³/mol. The molecule has 0 bridgehead atoms. The number of aliphatic carboxylic acids is 1. The Morgan fingerprint density at radius 3 is 2.24 bits per heavy atom. The molecule has 9 heteroatoms. The van der Waals surface area contributed by atoms with Crippen molar-refractivity contribution in [2.45, 2.75) is 176 Å². The summed E-state index contributed by atoms with van der Waals surface area (Å²) < 4.78 is 11.6. The zero-order valence-corrected chi connectivity index (χ0v) is 37.9. The van der Waals surface area contributed by atoms with Crippen molar-refractivity contribution < 1.29 is 34.1 Å². The summed E-state index contributed by atoms with van der Waals surface area (Å²) in [6, 6.07) is 7.16. The van der Waals surface area contributed by atoms with Crippen LogP contribution in [-0.4, -0.2) is 69.5 Å². The first-order valence-corrected chi connectivity index (χ1v) is 22.7. The maximum absolute atomic E-state index is 14.4. The van der Waals surface area contributed by atoms with E-state index in [1.165, 1.54) is 50.5 Å². The molecule has 1 aromatic carbocycles. The molecule has 3 fully saturated rings. The third-order valence-electron chi connectivity index (χ3n) is 15.3. The molecule has 5 rings (SSSR count). The summed E-state index contributed by atoms with van der Waals surface area (Å²) in [6.45, 7) is 23.5. The molecule has 0 aliphatic heterocycles. The summed E-state index contributed by atoms with van der Waals surface area (Å²) in [5.74, 6) is 2.49. The Morgan fingerprint density at radius 2 is 1.62 bits per heavy atom. The second-order valence-corrected chi connectivity index (χ2v) is 21.2. The Labute approximate surface area is 350 Å². The lowest BCUT2D eigenvalue weighted by molar-refractivity contribution is -0.162. The van der Waals surface area contributed by atoms with E-state index >= 15 is 0 Å². The highest BCUT2D eigenvalue weighted by Gasteiger charge is 2.61. The number of carboxylic acids is 1. The quantitative estimate of drug-likeness (QED) is 0.141. The highest BCUT2D eigenvalue weighted by Crippen LogP contribution is 2.68. The second-order valence-electron chi connectivity index (χ2n) is 21.2. The molecular weight excluding hydrogens is 729 g/mol. The number of hydrogen-bond acceptors (Lipinski definition) is 7. The van der Waals surface area contributed by atoms with Gasteiger partial charge in [0.25, 0.3) is 0 Å². The zero-order chi connectivity index (χ0) is 42.8. The molecule has 10 atom stereocenters. The van der Waals surface area contributed by atoms with Gasteiger partial charge in [-0.1, -0.05) is 91.5 Å². The number of ether oxygens (including phenoxy) is 2. The van der Waals surface area contributed by atoms with Crippen LogP contribution in [0.2, 0.25) is 0 Å². The molecule has 0 heterocycles. The van der Waals surface area contributed by atoms with Crippen LogP contribution >= 0.6 is 0 Å². The summed E-state index contributed by atoms with van der Waals surface area (Å²) in [6.07, 6.45) is 12.8. The molecule has 326 valence electrons. The van der Waals surface area contributed by atoms with Gasteiger partial charge in [0, 0.05) is 12.6 Å². The number of aliphatic hydroxyl groups is 1. The van der Waals surface area contributed by atoms with Gasteiger partial charge < -0.3 is 25.0 Å². The van der Waals surface area contributed by atoms with Gasteiger partial charge in [-0.15, -0.1) is 0 Å². The minimum absolute atomic E-state index is 0.0211. The van der Waals surface area contributed by atoms with Crippen LogP contribution in [-0.2, 0) is 20.7 Å². The van der Waals surface area contributed by atoms with E-state index in [1.807, 2.05) is 13.8 Å². The van der Waals surface area contributed by atoms with E-state index < -0.39 is 41.1 Å². The van der Waals surface area contributed by atoms with Gasteiger partial charge in [0.15, 0.2) is 5.54 Å². The normalized spacial score (nSPS) is 30.3. The molecule has 4 aliphatic rings. The lowest BCUT2D eigenvalue weighted by Gasteiger charge is -2.59. The minimum Gasteiger partial charge on any atom is -0.491 e. The number of imide groups is 1. The third-order valence-corrected chi connectivity index (χ3v) is 15.3. The number of fused-ring (bicyclic) bond motifs is 5. The summed E-state index contributed by atoms with van der Waals surface area (Å²) in [4.78, 5) is 43.0. The SMILES string of the molecule is CC(C)CCC[C@@H](C)[C@H]1CCC2C3CC=C4CC([C@](C)(C(=O)O)N(C(=O)Cc5ccc(OCC(O)CNC(C)C)cc5)C(=O)OC(C)(C)C)CC[C@]4(C)C3CC[C@@]21C. The third kappa shape index (κ3) is 9.99. The van der Waals surface area contributed by atoms with Gasteiger partial charge in [0.05, 0.1) is 6.42 Å². The van der Waals surface area contributed by atoms with Crippen LogP contribution < -0.4 is 10.1 Å². The highest BCUT2D eigenvalue weighted by molar-refractivity contribution is 5.99. The van der Waals surface area contributed by atoms with E-state index in [1.54, 1.807) is 52.0 Å². The molecule has 0 radical (unpaired) electrons. The summed E-state index contributed by atoms with van der Waals surface area (Å²) in [5.41, 5.74) is -0.468. The summed E-state index contributed by atoms with van der Waals surface area (Å²) >= 11 is 0. The van der Waals surface area contributed by atoms with E-state index in [2.05, 4.69) is 46.0 Å². The molecule has 0 saturated heterocycles. The number of aliphatic hydroxyl groups excluding tert-OH is 1. The van der Waals surface area contributed by atoms with Crippen LogP contribution in [0.25, 0.3) is 0 Å². The van der Waals surface area contributed by atoms with Crippen molar-refractivity contribution in [3.63, 3.8) is 0 Å². The smallest absolute Gasteiger partial charge is 0.418 e. The molecular formula is C49H78N2O7. The number of carboxylic acid groups (broad SMARTS) is 1. The largest absolute Gasteiger partial charge is 0.491 e. The first-order chi connectivity index (χ1) is 27.1. The van der Waals surface area contributed by atoms with Crippen LogP contribution in [0.3, 0.4) is 0 Å². The summed E-state index contributed by atoms with van der Waals surface area (Å²) in [7, 11) is 0. The molecule has 9 nitrogen and oxygen atoms in total. The Hall–Kier alpha value is -2.91. The van der Waals surface area contributed by atoms with Crippen LogP contribution in [0.4, 0.5) is 4.79 Å². The number of allylic oxidation sites excluding steroid dienone is 2. The monoisotopic (exact) mass is 807 g/mol. The number of benzene rings is 1. The molecule has 0 spiro atoms. The number of nitrogens with zero attached hydrogens (tertiary/aromatic N) is 1. The van der Waals surface area contributed by atoms with E-state index in [0.717, 1.165) is 41.4 Å². The van der Waals surface area contributed by atoms with Crippen LogP contribution in [0, 0.1) is 52.3 Å². The fourth-order valence-electron chi connectivity index (χ4n) is 12.1. The van der Waals surface area contributed by atoms with E-state index in [0.29, 0.717) is 48.0 Å². The van der Waals surface area contributed by atoms with Crippen molar-refractivity contribution in [3.8, 4) is 5.75 Å². The first kappa shape index (κ1) is 46.2. The lowest BCUT2D eigenvalue weighted by Crippen LogP contribution is -2.64. The first-order valence-electron chi connectivity index (χ1n) is 22.7. The van der Waals surface area contributed by atoms with Crippen molar-refractivity contribution in [1.29, 1.82) is 0 Å².